The van der Waals surface area contributed by atoms with Crippen molar-refractivity contribution >= 4 is 29.0 Å². The Balaban J connectivity index is 2.57. The molecule has 72 valence electrons. The normalized spacial score (nSPS) is 15.8. The zero-order valence-electron chi connectivity index (χ0n) is 7.34. The summed E-state index contributed by atoms with van der Waals surface area (Å²) in [6.07, 6.45) is 0.475. The molecule has 0 aliphatic carbocycles. The molecule has 1 aliphatic rings. The number of carbonyl (C=O) groups excluding carboxylic acids is 2. The highest BCUT2D eigenvalue weighted by atomic mass is 35.5. The highest BCUT2D eigenvalue weighted by Gasteiger charge is 2.20. The van der Waals surface area contributed by atoms with Crippen molar-refractivity contribution in [3.05, 3.63) is 28.8 Å². The third-order valence-electron chi connectivity index (χ3n) is 2.16. The number of carbonyl (C=O) groups is 2. The molecule has 1 N–H and O–H groups in total. The van der Waals surface area contributed by atoms with Gasteiger partial charge in [0.2, 0.25) is 5.91 Å². The van der Waals surface area contributed by atoms with E-state index in [9.17, 15) is 9.59 Å². The highest BCUT2D eigenvalue weighted by Crippen LogP contribution is 2.29. The van der Waals surface area contributed by atoms with E-state index in [0.717, 1.165) is 0 Å². The number of halogens is 1. The highest BCUT2D eigenvalue weighted by molar-refractivity contribution is 6.35. The number of anilines is 1. The molecule has 1 aromatic carbocycles. The smallest absolute Gasteiger partial charge is 0.224 e. The van der Waals surface area contributed by atoms with Gasteiger partial charge < -0.3 is 5.32 Å². The molecule has 14 heavy (non-hydrogen) atoms. The number of rotatable bonds is 0. The average Bonchev–Trinajstić information content (AvgIpc) is 2.30. The number of benzene rings is 1. The van der Waals surface area contributed by atoms with Gasteiger partial charge in [-0.3, -0.25) is 9.59 Å². The molecule has 4 heteroatoms. The Morgan fingerprint density at radius 3 is 2.79 bits per heavy atom. The number of hydrogen-bond acceptors (Lipinski definition) is 2. The molecule has 0 bridgehead atoms. The van der Waals surface area contributed by atoms with Crippen LogP contribution in [0.3, 0.4) is 0 Å². The summed E-state index contributed by atoms with van der Waals surface area (Å²) < 4.78 is 0. The van der Waals surface area contributed by atoms with Gasteiger partial charge >= 0.3 is 0 Å². The van der Waals surface area contributed by atoms with Crippen LogP contribution in [-0.2, 0) is 4.79 Å². The molecule has 0 spiro atoms. The maximum absolute atomic E-state index is 11.6. The Labute approximate surface area is 86.1 Å². The van der Waals surface area contributed by atoms with Gasteiger partial charge in [-0.05, 0) is 12.1 Å². The number of amides is 1. The predicted octanol–water partition coefficient (Wildman–Crippen LogP) is 2.25. The van der Waals surface area contributed by atoms with Gasteiger partial charge in [0.1, 0.15) is 0 Å². The minimum Gasteiger partial charge on any atom is -0.324 e. The van der Waals surface area contributed by atoms with Crippen molar-refractivity contribution < 1.29 is 9.59 Å². The second-order valence-corrected chi connectivity index (χ2v) is 3.54. The molecule has 1 heterocycles. The Morgan fingerprint density at radius 2 is 2.00 bits per heavy atom. The van der Waals surface area contributed by atoms with Crippen LogP contribution in [0.4, 0.5) is 5.69 Å². The maximum Gasteiger partial charge on any atom is 0.224 e. The van der Waals surface area contributed by atoms with Crippen LogP contribution in [0.1, 0.15) is 23.2 Å². The fourth-order valence-electron chi connectivity index (χ4n) is 1.45. The lowest BCUT2D eigenvalue weighted by atomic mass is 10.1. The van der Waals surface area contributed by atoms with Gasteiger partial charge in [0.25, 0.3) is 0 Å². The monoisotopic (exact) mass is 209 g/mol. The zero-order valence-corrected chi connectivity index (χ0v) is 8.10. The lowest BCUT2D eigenvalue weighted by molar-refractivity contribution is -0.116. The molecular formula is C10H8ClNO2. The zero-order chi connectivity index (χ0) is 10.1. The van der Waals surface area contributed by atoms with Crippen LogP contribution in [0.2, 0.25) is 5.02 Å². The fourth-order valence-corrected chi connectivity index (χ4v) is 1.67. The summed E-state index contributed by atoms with van der Waals surface area (Å²) in [6.45, 7) is 0. The van der Waals surface area contributed by atoms with Crippen molar-refractivity contribution in [2.24, 2.45) is 0 Å². The topological polar surface area (TPSA) is 46.2 Å². The summed E-state index contributed by atoms with van der Waals surface area (Å²) in [6, 6.07) is 5.03. The van der Waals surface area contributed by atoms with Crippen molar-refractivity contribution in [3.8, 4) is 0 Å². The molecule has 0 unspecified atom stereocenters. The van der Waals surface area contributed by atoms with E-state index in [-0.39, 0.29) is 24.5 Å². The van der Waals surface area contributed by atoms with E-state index < -0.39 is 0 Å². The Kier molecular flexibility index (Phi) is 2.25. The molecule has 0 fully saturated rings. The summed E-state index contributed by atoms with van der Waals surface area (Å²) in [5.41, 5.74) is 0.949. The third kappa shape index (κ3) is 1.51. The standard InChI is InChI=1S/C10H8ClNO2/c11-7-3-1-2-6-8(13)4-5-9(14)12-10(6)7/h1-3H,4-5H2,(H,12,14). The first-order valence-corrected chi connectivity index (χ1v) is 4.68. The van der Waals surface area contributed by atoms with Crippen LogP contribution in [0.5, 0.6) is 0 Å². The molecule has 0 radical (unpaired) electrons. The van der Waals surface area contributed by atoms with Gasteiger partial charge in [0.15, 0.2) is 5.78 Å². The van der Waals surface area contributed by atoms with E-state index in [4.69, 9.17) is 11.6 Å². The van der Waals surface area contributed by atoms with Gasteiger partial charge in [-0.15, -0.1) is 0 Å². The number of ketones is 1. The lowest BCUT2D eigenvalue weighted by Crippen LogP contribution is -2.09. The number of fused-ring (bicyclic) bond motifs is 1. The first-order chi connectivity index (χ1) is 6.68. The minimum absolute atomic E-state index is 0.0409. The molecule has 2 rings (SSSR count). The minimum atomic E-state index is -0.162. The Hall–Kier alpha value is -1.35. The van der Waals surface area contributed by atoms with E-state index >= 15 is 0 Å². The Morgan fingerprint density at radius 1 is 1.21 bits per heavy atom. The van der Waals surface area contributed by atoms with Crippen molar-refractivity contribution in [1.82, 2.24) is 0 Å². The van der Waals surface area contributed by atoms with Gasteiger partial charge in [-0.25, -0.2) is 0 Å². The summed E-state index contributed by atoms with van der Waals surface area (Å²) in [5, 5.41) is 3.04. The van der Waals surface area contributed by atoms with Crippen LogP contribution in [0.25, 0.3) is 0 Å². The summed E-state index contributed by atoms with van der Waals surface area (Å²) in [5.74, 6) is -0.203. The molecule has 3 nitrogen and oxygen atoms in total. The van der Waals surface area contributed by atoms with E-state index in [1.165, 1.54) is 0 Å². The number of nitrogens with one attached hydrogen (secondary N) is 1. The van der Waals surface area contributed by atoms with Crippen molar-refractivity contribution in [2.45, 2.75) is 12.8 Å². The van der Waals surface area contributed by atoms with Gasteiger partial charge in [-0.1, -0.05) is 17.7 Å². The quantitative estimate of drug-likeness (QED) is 0.713. The number of para-hydroxylation sites is 1. The molecule has 0 saturated carbocycles. The third-order valence-corrected chi connectivity index (χ3v) is 2.47. The Bertz CT molecular complexity index is 415. The number of Topliss-reactive ketones (excluding diaryl/α,β-unsaturated/α-hetero) is 1. The fraction of sp³-hybridized carbons (Fsp3) is 0.200. The second kappa shape index (κ2) is 3.42. The van der Waals surface area contributed by atoms with E-state index in [2.05, 4.69) is 5.32 Å². The van der Waals surface area contributed by atoms with Crippen LogP contribution < -0.4 is 5.32 Å². The molecule has 0 atom stereocenters. The van der Waals surface area contributed by atoms with Crippen molar-refractivity contribution in [1.29, 1.82) is 0 Å². The first kappa shape index (κ1) is 9.21. The van der Waals surface area contributed by atoms with Crippen LogP contribution >= 0.6 is 11.6 Å². The lowest BCUT2D eigenvalue weighted by Gasteiger charge is -2.06. The molecule has 1 amide bonds. The van der Waals surface area contributed by atoms with Crippen LogP contribution in [0.15, 0.2) is 18.2 Å². The molecule has 0 aromatic heterocycles. The van der Waals surface area contributed by atoms with E-state index in [1.807, 2.05) is 0 Å². The van der Waals surface area contributed by atoms with Gasteiger partial charge in [-0.2, -0.15) is 0 Å². The van der Waals surface area contributed by atoms with Gasteiger partial charge in [0, 0.05) is 18.4 Å². The summed E-state index contributed by atoms with van der Waals surface area (Å²) in [7, 11) is 0. The van der Waals surface area contributed by atoms with Crippen LogP contribution in [0, 0.1) is 0 Å². The molecule has 0 saturated heterocycles. The molecule has 1 aromatic rings. The van der Waals surface area contributed by atoms with E-state index in [0.29, 0.717) is 16.3 Å². The molecule has 1 aliphatic heterocycles. The largest absolute Gasteiger partial charge is 0.324 e. The first-order valence-electron chi connectivity index (χ1n) is 4.30. The summed E-state index contributed by atoms with van der Waals surface area (Å²) in [4.78, 5) is 22.8. The summed E-state index contributed by atoms with van der Waals surface area (Å²) >= 11 is 5.88. The van der Waals surface area contributed by atoms with Crippen LogP contribution in [-0.4, -0.2) is 11.7 Å². The average molecular weight is 210 g/mol. The SMILES string of the molecule is O=C1CCC(=O)c2cccc(Cl)c2N1. The number of hydrogen-bond donors (Lipinski definition) is 1. The van der Waals surface area contributed by atoms with E-state index in [1.54, 1.807) is 18.2 Å². The maximum atomic E-state index is 11.6. The van der Waals surface area contributed by atoms with Crippen molar-refractivity contribution in [2.75, 3.05) is 5.32 Å². The molecular weight excluding hydrogens is 202 g/mol. The second-order valence-electron chi connectivity index (χ2n) is 3.13. The van der Waals surface area contributed by atoms with Crippen molar-refractivity contribution in [3.63, 3.8) is 0 Å². The van der Waals surface area contributed by atoms with Gasteiger partial charge in [0.05, 0.1) is 10.7 Å². The predicted molar refractivity (Wildman–Crippen MR) is 53.6 cm³/mol.